The molecule has 10 heteroatoms. The molecule has 3 aromatic heterocycles. The van der Waals surface area contributed by atoms with Gasteiger partial charge in [-0.25, -0.2) is 14.8 Å². The van der Waals surface area contributed by atoms with Crippen molar-refractivity contribution in [1.82, 2.24) is 24.4 Å². The Kier molecular flexibility index (Phi) is 6.65. The zero-order chi connectivity index (χ0) is 24.5. The lowest BCUT2D eigenvalue weighted by atomic mass is 10.1. The van der Waals surface area contributed by atoms with Gasteiger partial charge in [0, 0.05) is 32.4 Å². The molecule has 5 rings (SSSR count). The Bertz CT molecular complexity index is 1440. The molecule has 1 unspecified atom stereocenters. The number of aromatic carboxylic acids is 1. The van der Waals surface area contributed by atoms with Crippen LogP contribution in [-0.4, -0.2) is 48.6 Å². The second-order valence-electron chi connectivity index (χ2n) is 8.62. The zero-order valence-corrected chi connectivity index (χ0v) is 21.5. The summed E-state index contributed by atoms with van der Waals surface area (Å²) < 4.78 is 7.93. The van der Waals surface area contributed by atoms with Gasteiger partial charge >= 0.3 is 5.97 Å². The van der Waals surface area contributed by atoms with E-state index in [0.717, 1.165) is 52.1 Å². The summed E-state index contributed by atoms with van der Waals surface area (Å²) in [4.78, 5) is 28.4. The highest BCUT2D eigenvalue weighted by Crippen LogP contribution is 2.27. The lowest BCUT2D eigenvalue weighted by Crippen LogP contribution is -2.29. The first kappa shape index (κ1) is 23.6. The monoisotopic (exact) mass is 507 g/mol. The number of rotatable bonds is 7. The summed E-state index contributed by atoms with van der Waals surface area (Å²) in [6, 6.07) is 9.76. The maximum Gasteiger partial charge on any atom is 0.346 e. The van der Waals surface area contributed by atoms with Gasteiger partial charge in [-0.1, -0.05) is 29.8 Å². The standard InChI is InChI=1S/C25H26N5O3PS/c1-15-3-4-17(19(34)11-15)14-33-22-5-8-26-23(28-22)16-6-9-30(10-7-16)13-21-27-24-18(29(21)2)12-20(35-24)25(31)32/h3-6,8,11-12H,7,9-10,13-14,34H2,1-2H3,(H,31,32). The van der Waals surface area contributed by atoms with Gasteiger partial charge in [0.05, 0.1) is 12.1 Å². The third kappa shape index (κ3) is 5.12. The topological polar surface area (TPSA) is 93.4 Å². The minimum Gasteiger partial charge on any atom is -0.477 e. The Hall–Kier alpha value is -3.13. The number of carboxylic acids is 1. The van der Waals surface area contributed by atoms with E-state index in [4.69, 9.17) is 4.74 Å². The van der Waals surface area contributed by atoms with Crippen molar-refractivity contribution >= 4 is 47.8 Å². The van der Waals surface area contributed by atoms with Crippen molar-refractivity contribution in [1.29, 1.82) is 0 Å². The molecule has 0 spiro atoms. The van der Waals surface area contributed by atoms with E-state index >= 15 is 0 Å². The van der Waals surface area contributed by atoms with Crippen LogP contribution < -0.4 is 10.0 Å². The average molecular weight is 508 g/mol. The van der Waals surface area contributed by atoms with Crippen molar-refractivity contribution in [3.05, 3.63) is 70.3 Å². The number of aromatic nitrogens is 4. The highest BCUT2D eigenvalue weighted by molar-refractivity contribution is 7.27. The molecule has 0 aliphatic carbocycles. The van der Waals surface area contributed by atoms with Crippen molar-refractivity contribution < 1.29 is 14.6 Å². The maximum atomic E-state index is 11.2. The molecule has 1 atom stereocenters. The predicted molar refractivity (Wildman–Crippen MR) is 140 cm³/mol. The fourth-order valence-corrected chi connectivity index (χ4v) is 5.46. The van der Waals surface area contributed by atoms with Crippen molar-refractivity contribution in [3.63, 3.8) is 0 Å². The Morgan fingerprint density at radius 2 is 2.11 bits per heavy atom. The largest absolute Gasteiger partial charge is 0.477 e. The van der Waals surface area contributed by atoms with E-state index in [9.17, 15) is 9.90 Å². The Balaban J connectivity index is 1.23. The minimum absolute atomic E-state index is 0.314. The van der Waals surface area contributed by atoms with Gasteiger partial charge in [0.1, 0.15) is 22.1 Å². The molecule has 0 radical (unpaired) electrons. The molecule has 1 aromatic carbocycles. The van der Waals surface area contributed by atoms with Crippen LogP contribution in [0.15, 0.2) is 42.6 Å². The van der Waals surface area contributed by atoms with Gasteiger partial charge in [0.15, 0.2) is 5.82 Å². The molecule has 4 aromatic rings. The predicted octanol–water partition coefficient (Wildman–Crippen LogP) is 3.80. The smallest absolute Gasteiger partial charge is 0.346 e. The summed E-state index contributed by atoms with van der Waals surface area (Å²) >= 11 is 1.21. The minimum atomic E-state index is -0.913. The third-order valence-electron chi connectivity index (χ3n) is 6.14. The zero-order valence-electron chi connectivity index (χ0n) is 19.6. The number of hydrogen-bond acceptors (Lipinski definition) is 7. The quantitative estimate of drug-likeness (QED) is 0.381. The van der Waals surface area contributed by atoms with Gasteiger partial charge < -0.3 is 14.4 Å². The van der Waals surface area contributed by atoms with E-state index in [-0.39, 0.29) is 0 Å². The van der Waals surface area contributed by atoms with E-state index in [1.165, 1.54) is 16.9 Å². The Morgan fingerprint density at radius 3 is 2.83 bits per heavy atom. The van der Waals surface area contributed by atoms with Crippen LogP contribution >= 0.6 is 20.6 Å². The molecule has 1 aliphatic heterocycles. The van der Waals surface area contributed by atoms with Crippen LogP contribution in [-0.2, 0) is 20.2 Å². The van der Waals surface area contributed by atoms with Crippen LogP contribution in [0.4, 0.5) is 0 Å². The fourth-order valence-electron chi connectivity index (χ4n) is 4.10. The maximum absolute atomic E-state index is 11.2. The number of thiophene rings is 1. The van der Waals surface area contributed by atoms with E-state index in [1.54, 1.807) is 18.3 Å². The first-order valence-corrected chi connectivity index (χ1v) is 12.7. The lowest BCUT2D eigenvalue weighted by Gasteiger charge is -2.25. The molecule has 4 heterocycles. The molecule has 0 fully saturated rings. The SMILES string of the molecule is Cc1ccc(COc2ccnc(C3=CCN(Cc4nc5sc(C(=O)O)cc5n4C)CC3)n2)c(P)c1. The number of nitrogens with zero attached hydrogens (tertiary/aromatic N) is 5. The molecule has 8 nitrogen and oxygen atoms in total. The molecule has 35 heavy (non-hydrogen) atoms. The molecule has 0 saturated carbocycles. The van der Waals surface area contributed by atoms with Crippen LogP contribution in [0.25, 0.3) is 15.9 Å². The average Bonchev–Trinajstić information content (AvgIpc) is 3.39. The molecule has 0 bridgehead atoms. The number of benzene rings is 1. The van der Waals surface area contributed by atoms with Crippen molar-refractivity contribution in [2.24, 2.45) is 7.05 Å². The van der Waals surface area contributed by atoms with Crippen LogP contribution in [0, 0.1) is 6.92 Å². The molecular formula is C25H26N5O3PS. The number of hydrogen-bond donors (Lipinski definition) is 1. The molecule has 1 aliphatic rings. The first-order valence-electron chi connectivity index (χ1n) is 11.3. The van der Waals surface area contributed by atoms with E-state index in [0.29, 0.717) is 29.7 Å². The fraction of sp³-hybridized carbons (Fsp3) is 0.280. The van der Waals surface area contributed by atoms with Gasteiger partial charge in [0.25, 0.3) is 0 Å². The summed E-state index contributed by atoms with van der Waals surface area (Å²) in [5, 5.41) is 10.3. The third-order valence-corrected chi connectivity index (χ3v) is 7.68. The normalized spacial score (nSPS) is 14.3. The summed E-state index contributed by atoms with van der Waals surface area (Å²) in [6.07, 6.45) is 4.74. The van der Waals surface area contributed by atoms with Crippen LogP contribution in [0.3, 0.4) is 0 Å². The van der Waals surface area contributed by atoms with Crippen LogP contribution in [0.2, 0.25) is 0 Å². The van der Waals surface area contributed by atoms with Gasteiger partial charge in [-0.3, -0.25) is 4.90 Å². The lowest BCUT2D eigenvalue weighted by molar-refractivity contribution is 0.0702. The molecule has 0 saturated heterocycles. The Labute approximate surface area is 209 Å². The van der Waals surface area contributed by atoms with Gasteiger partial charge in [-0.05, 0) is 35.9 Å². The van der Waals surface area contributed by atoms with Gasteiger partial charge in [-0.2, -0.15) is 4.98 Å². The number of fused-ring (bicyclic) bond motifs is 1. The highest BCUT2D eigenvalue weighted by Gasteiger charge is 2.20. The number of imidazole rings is 1. The molecule has 180 valence electrons. The second kappa shape index (κ2) is 9.85. The first-order chi connectivity index (χ1) is 16.9. The number of carbonyl (C=O) groups is 1. The summed E-state index contributed by atoms with van der Waals surface area (Å²) in [5.41, 5.74) is 4.30. The molecule has 0 amide bonds. The number of carboxylic acid groups (broad SMARTS) is 1. The van der Waals surface area contributed by atoms with Crippen LogP contribution in [0.5, 0.6) is 5.88 Å². The summed E-state index contributed by atoms with van der Waals surface area (Å²) in [7, 11) is 4.69. The van der Waals surface area contributed by atoms with Gasteiger partial charge in [-0.15, -0.1) is 20.6 Å². The number of aryl methyl sites for hydroxylation is 2. The Morgan fingerprint density at radius 1 is 1.26 bits per heavy atom. The van der Waals surface area contributed by atoms with E-state index < -0.39 is 5.97 Å². The van der Waals surface area contributed by atoms with Crippen molar-refractivity contribution in [2.75, 3.05) is 13.1 Å². The van der Waals surface area contributed by atoms with Crippen molar-refractivity contribution in [3.8, 4) is 5.88 Å². The van der Waals surface area contributed by atoms with E-state index in [1.807, 2.05) is 11.6 Å². The highest BCUT2D eigenvalue weighted by atomic mass is 32.1. The summed E-state index contributed by atoms with van der Waals surface area (Å²) in [5.74, 6) is 1.29. The van der Waals surface area contributed by atoms with Crippen LogP contribution in [0.1, 0.15) is 38.9 Å². The number of ether oxygens (including phenoxy) is 1. The summed E-state index contributed by atoms with van der Waals surface area (Å²) in [6.45, 7) is 4.86. The molecule has 1 N–H and O–H groups in total. The second-order valence-corrected chi connectivity index (χ2v) is 10.3. The van der Waals surface area contributed by atoms with E-state index in [2.05, 4.69) is 60.3 Å². The van der Waals surface area contributed by atoms with Crippen molar-refractivity contribution in [2.45, 2.75) is 26.5 Å². The van der Waals surface area contributed by atoms with Gasteiger partial charge in [0.2, 0.25) is 5.88 Å². The molecular weight excluding hydrogens is 481 g/mol.